The summed E-state index contributed by atoms with van der Waals surface area (Å²) in [6.45, 7) is 1.66. The Labute approximate surface area is 128 Å². The van der Waals surface area contributed by atoms with Crippen LogP contribution >= 0.6 is 11.6 Å². The molecule has 21 heavy (non-hydrogen) atoms. The van der Waals surface area contributed by atoms with Gasteiger partial charge in [-0.15, -0.1) is 11.6 Å². The predicted octanol–water partition coefficient (Wildman–Crippen LogP) is 1.34. The number of esters is 1. The summed E-state index contributed by atoms with van der Waals surface area (Å²) in [6.07, 6.45) is 6.74. The second-order valence-corrected chi connectivity index (χ2v) is 6.47. The van der Waals surface area contributed by atoms with E-state index in [-0.39, 0.29) is 23.5 Å². The number of allylic oxidation sites excluding steroid dienone is 2. The van der Waals surface area contributed by atoms with Crippen molar-refractivity contribution in [3.05, 3.63) is 12.2 Å². The molecule has 0 unspecified atom stereocenters. The second-order valence-electron chi connectivity index (χ2n) is 6.10. The van der Waals surface area contributed by atoms with Crippen LogP contribution in [-0.2, 0) is 19.1 Å². The highest BCUT2D eigenvalue weighted by atomic mass is 35.5. The number of hydrogen-bond donors (Lipinski definition) is 1. The largest absolute Gasteiger partial charge is 0.453 e. The van der Waals surface area contributed by atoms with E-state index >= 15 is 0 Å². The summed E-state index contributed by atoms with van der Waals surface area (Å²) in [6, 6.07) is 0. The number of fused-ring (bicyclic) bond motifs is 1. The molecule has 0 aromatic carbocycles. The second kappa shape index (κ2) is 4.83. The smallest absolute Gasteiger partial charge is 0.344 e. The minimum atomic E-state index is -1.52. The van der Waals surface area contributed by atoms with Gasteiger partial charge in [-0.1, -0.05) is 12.2 Å². The lowest BCUT2D eigenvalue weighted by molar-refractivity contribution is -0.218. The molecule has 1 aliphatic carbocycles. The first-order valence-electron chi connectivity index (χ1n) is 7.30. The third-order valence-corrected chi connectivity index (χ3v) is 5.22. The average Bonchev–Trinajstić information content (AvgIpc) is 2.65. The number of ether oxygens (including phenoxy) is 1. The SMILES string of the molecule is C[C@@]12OC(=O)[C@]1(C(=O)[C@@H]1C=CCCC1)NC(=O)[C@@H]2CCCl. The number of alkyl halides is 1. The van der Waals surface area contributed by atoms with Crippen LogP contribution in [0.2, 0.25) is 0 Å². The Morgan fingerprint density at radius 3 is 2.86 bits per heavy atom. The van der Waals surface area contributed by atoms with Gasteiger partial charge in [0.05, 0.1) is 5.92 Å². The van der Waals surface area contributed by atoms with Crippen molar-refractivity contribution in [1.82, 2.24) is 5.32 Å². The Morgan fingerprint density at radius 2 is 2.29 bits per heavy atom. The number of rotatable bonds is 4. The monoisotopic (exact) mass is 311 g/mol. The first kappa shape index (κ1) is 14.6. The van der Waals surface area contributed by atoms with Gasteiger partial charge in [0.25, 0.3) is 0 Å². The Hall–Kier alpha value is -1.36. The molecule has 0 bridgehead atoms. The van der Waals surface area contributed by atoms with E-state index in [1.807, 2.05) is 12.2 Å². The fraction of sp³-hybridized carbons (Fsp3) is 0.667. The van der Waals surface area contributed by atoms with E-state index in [1.165, 1.54) is 0 Å². The molecule has 1 amide bonds. The van der Waals surface area contributed by atoms with E-state index in [1.54, 1.807) is 6.92 Å². The fourth-order valence-electron chi connectivity index (χ4n) is 3.76. The Morgan fingerprint density at radius 1 is 1.52 bits per heavy atom. The number of ketones is 1. The Bertz CT molecular complexity index is 546. The zero-order valence-electron chi connectivity index (χ0n) is 11.9. The van der Waals surface area contributed by atoms with Gasteiger partial charge < -0.3 is 10.1 Å². The first-order valence-corrected chi connectivity index (χ1v) is 7.83. The van der Waals surface area contributed by atoms with E-state index in [0.29, 0.717) is 12.8 Å². The summed E-state index contributed by atoms with van der Waals surface area (Å²) < 4.78 is 5.28. The van der Waals surface area contributed by atoms with Gasteiger partial charge in [0.1, 0.15) is 0 Å². The fourth-order valence-corrected chi connectivity index (χ4v) is 3.98. The normalized spacial score (nSPS) is 41.0. The van der Waals surface area contributed by atoms with Crippen LogP contribution in [0.25, 0.3) is 0 Å². The van der Waals surface area contributed by atoms with E-state index in [2.05, 4.69) is 5.32 Å². The van der Waals surface area contributed by atoms with Crippen LogP contribution in [-0.4, -0.2) is 34.7 Å². The van der Waals surface area contributed by atoms with Crippen LogP contribution in [0.4, 0.5) is 0 Å². The number of halogens is 1. The number of carbonyl (C=O) groups excluding carboxylic acids is 3. The number of carbonyl (C=O) groups is 3. The average molecular weight is 312 g/mol. The number of amides is 1. The number of nitrogens with one attached hydrogen (secondary N) is 1. The van der Waals surface area contributed by atoms with E-state index in [9.17, 15) is 14.4 Å². The van der Waals surface area contributed by atoms with Crippen molar-refractivity contribution in [3.63, 3.8) is 0 Å². The molecule has 1 N–H and O–H groups in total. The molecule has 6 heteroatoms. The van der Waals surface area contributed by atoms with Gasteiger partial charge in [0.15, 0.2) is 11.4 Å². The summed E-state index contributed by atoms with van der Waals surface area (Å²) in [4.78, 5) is 37.2. The summed E-state index contributed by atoms with van der Waals surface area (Å²) in [5.74, 6) is -1.83. The topological polar surface area (TPSA) is 72.5 Å². The van der Waals surface area contributed by atoms with E-state index in [4.69, 9.17) is 16.3 Å². The van der Waals surface area contributed by atoms with Gasteiger partial charge in [-0.25, -0.2) is 4.79 Å². The molecule has 2 heterocycles. The lowest BCUT2D eigenvalue weighted by atomic mass is 9.65. The van der Waals surface area contributed by atoms with Crippen molar-refractivity contribution in [3.8, 4) is 0 Å². The third-order valence-electron chi connectivity index (χ3n) is 5.01. The number of Topliss-reactive ketones (excluding diaryl/α,β-unsaturated/α-hetero) is 1. The molecule has 3 rings (SSSR count). The zero-order valence-corrected chi connectivity index (χ0v) is 12.6. The molecule has 0 radical (unpaired) electrons. The van der Waals surface area contributed by atoms with Crippen LogP contribution in [0, 0.1) is 11.8 Å². The maximum atomic E-state index is 12.9. The molecule has 114 valence electrons. The molecule has 2 aliphatic heterocycles. The highest BCUT2D eigenvalue weighted by molar-refractivity contribution is 6.21. The molecule has 5 nitrogen and oxygen atoms in total. The standard InChI is InChI=1S/C15H18ClNO4/c1-14-10(7-8-16)12(19)17-15(14,13(20)21-14)11(18)9-5-3-2-4-6-9/h3,5,9-10H,2,4,6-8H2,1H3,(H,17,19)/t9-,10+,14+,15+/m1/s1. The molecule has 0 spiro atoms. The minimum absolute atomic E-state index is 0.248. The highest BCUT2D eigenvalue weighted by Crippen LogP contribution is 2.51. The molecule has 2 fully saturated rings. The van der Waals surface area contributed by atoms with Crippen molar-refractivity contribution in [1.29, 1.82) is 0 Å². The minimum Gasteiger partial charge on any atom is -0.453 e. The molecule has 0 aromatic rings. The molecular formula is C15H18ClNO4. The third kappa shape index (κ3) is 1.73. The van der Waals surface area contributed by atoms with Crippen LogP contribution in [0.1, 0.15) is 32.6 Å². The maximum absolute atomic E-state index is 12.9. The quantitative estimate of drug-likeness (QED) is 0.368. The molecule has 4 atom stereocenters. The zero-order chi connectivity index (χ0) is 15.3. The van der Waals surface area contributed by atoms with Crippen molar-refractivity contribution >= 4 is 29.3 Å². The first-order chi connectivity index (χ1) is 9.97. The Balaban J connectivity index is 1.96. The maximum Gasteiger partial charge on any atom is 0.344 e. The Kier molecular flexibility index (Phi) is 3.35. The van der Waals surface area contributed by atoms with Crippen molar-refractivity contribution in [2.75, 3.05) is 5.88 Å². The van der Waals surface area contributed by atoms with Crippen LogP contribution < -0.4 is 5.32 Å². The summed E-state index contributed by atoms with van der Waals surface area (Å²) >= 11 is 5.74. The lowest BCUT2D eigenvalue weighted by Gasteiger charge is -2.50. The van der Waals surface area contributed by atoms with Crippen LogP contribution in [0.5, 0.6) is 0 Å². The summed E-state index contributed by atoms with van der Waals surface area (Å²) in [5.41, 5.74) is -2.63. The van der Waals surface area contributed by atoms with Gasteiger partial charge in [0, 0.05) is 11.8 Å². The van der Waals surface area contributed by atoms with Gasteiger partial charge in [-0.2, -0.15) is 0 Å². The lowest BCUT2D eigenvalue weighted by Crippen LogP contribution is -2.78. The van der Waals surface area contributed by atoms with Gasteiger partial charge in [-0.05, 0) is 32.6 Å². The molecule has 0 saturated carbocycles. The van der Waals surface area contributed by atoms with Crippen LogP contribution in [0.15, 0.2) is 12.2 Å². The molecule has 3 aliphatic rings. The number of hydrogen-bond acceptors (Lipinski definition) is 4. The van der Waals surface area contributed by atoms with E-state index in [0.717, 1.165) is 12.8 Å². The van der Waals surface area contributed by atoms with Gasteiger partial charge in [-0.3, -0.25) is 9.59 Å². The van der Waals surface area contributed by atoms with Crippen molar-refractivity contribution < 1.29 is 19.1 Å². The van der Waals surface area contributed by atoms with Crippen molar-refractivity contribution in [2.24, 2.45) is 11.8 Å². The molecular weight excluding hydrogens is 294 g/mol. The van der Waals surface area contributed by atoms with Crippen LogP contribution in [0.3, 0.4) is 0 Å². The van der Waals surface area contributed by atoms with Gasteiger partial charge in [0.2, 0.25) is 11.4 Å². The van der Waals surface area contributed by atoms with Crippen molar-refractivity contribution in [2.45, 2.75) is 43.7 Å². The van der Waals surface area contributed by atoms with E-state index < -0.39 is 23.0 Å². The van der Waals surface area contributed by atoms with Gasteiger partial charge >= 0.3 is 5.97 Å². The molecule has 0 aromatic heterocycles. The molecule has 2 saturated heterocycles. The highest BCUT2D eigenvalue weighted by Gasteiger charge is 2.79. The predicted molar refractivity (Wildman–Crippen MR) is 75.7 cm³/mol. The summed E-state index contributed by atoms with van der Waals surface area (Å²) in [5, 5.41) is 2.63. The summed E-state index contributed by atoms with van der Waals surface area (Å²) in [7, 11) is 0.